The predicted molar refractivity (Wildman–Crippen MR) is 71.2 cm³/mol. The topological polar surface area (TPSA) is 35.8 Å². The van der Waals surface area contributed by atoms with Crippen LogP contribution >= 0.6 is 0 Å². The summed E-state index contributed by atoms with van der Waals surface area (Å²) in [6, 6.07) is 8.53. The number of nitriles is 1. The summed E-state index contributed by atoms with van der Waals surface area (Å²) in [5.74, 6) is -1.27. The molecule has 2 atom stereocenters. The van der Waals surface area contributed by atoms with Gasteiger partial charge in [0, 0.05) is 11.7 Å². The first kappa shape index (κ1) is 14.7. The van der Waals surface area contributed by atoms with Crippen molar-refractivity contribution in [3.05, 3.63) is 29.8 Å². The molecule has 2 nitrogen and oxygen atoms in total. The molecule has 2 unspecified atom stereocenters. The van der Waals surface area contributed by atoms with E-state index in [0.29, 0.717) is 24.9 Å². The third kappa shape index (κ3) is 3.66. The van der Waals surface area contributed by atoms with E-state index >= 15 is 0 Å². The molecule has 0 radical (unpaired) electrons. The highest BCUT2D eigenvalue weighted by Gasteiger charge is 2.45. The predicted octanol–water partition coefficient (Wildman–Crippen LogP) is 4.29. The van der Waals surface area contributed by atoms with Crippen LogP contribution in [0.4, 0.5) is 18.9 Å². The number of nitrogens with zero attached hydrogens (tertiary/aromatic N) is 1. The van der Waals surface area contributed by atoms with Crippen LogP contribution in [0.3, 0.4) is 0 Å². The number of anilines is 1. The second kappa shape index (κ2) is 6.17. The standard InChI is InChI=1S/C15H17F3N2/c16-15(17,18)13-3-1-2-4-14(13)20-12-7-5-11(6-8-12)9-10-19/h5-8,13-14,20H,1-4,9H2. The Morgan fingerprint density at radius 3 is 2.40 bits per heavy atom. The van der Waals surface area contributed by atoms with E-state index in [0.717, 1.165) is 12.0 Å². The van der Waals surface area contributed by atoms with Gasteiger partial charge < -0.3 is 5.32 Å². The van der Waals surface area contributed by atoms with E-state index in [1.54, 1.807) is 24.3 Å². The molecule has 20 heavy (non-hydrogen) atoms. The highest BCUT2D eigenvalue weighted by Crippen LogP contribution is 2.39. The molecular weight excluding hydrogens is 265 g/mol. The Bertz CT molecular complexity index is 473. The van der Waals surface area contributed by atoms with Gasteiger partial charge in [0.2, 0.25) is 0 Å². The van der Waals surface area contributed by atoms with Crippen LogP contribution < -0.4 is 5.32 Å². The lowest BCUT2D eigenvalue weighted by atomic mass is 9.84. The first-order chi connectivity index (χ1) is 9.50. The van der Waals surface area contributed by atoms with Crippen molar-refractivity contribution in [2.24, 2.45) is 5.92 Å². The fourth-order valence-electron chi connectivity index (χ4n) is 2.72. The van der Waals surface area contributed by atoms with Gasteiger partial charge in [0.25, 0.3) is 0 Å². The van der Waals surface area contributed by atoms with Gasteiger partial charge in [-0.05, 0) is 30.5 Å². The van der Waals surface area contributed by atoms with Gasteiger partial charge in [-0.1, -0.05) is 25.0 Å². The maximum absolute atomic E-state index is 13.0. The van der Waals surface area contributed by atoms with Crippen molar-refractivity contribution in [2.45, 2.75) is 44.3 Å². The van der Waals surface area contributed by atoms with Crippen molar-refractivity contribution in [2.75, 3.05) is 5.32 Å². The smallest absolute Gasteiger partial charge is 0.382 e. The molecule has 0 aliphatic heterocycles. The molecule has 1 fully saturated rings. The third-order valence-electron chi connectivity index (χ3n) is 3.78. The van der Waals surface area contributed by atoms with E-state index in [4.69, 9.17) is 5.26 Å². The summed E-state index contributed by atoms with van der Waals surface area (Å²) in [7, 11) is 0. The zero-order chi connectivity index (χ0) is 14.6. The minimum atomic E-state index is -4.14. The van der Waals surface area contributed by atoms with Crippen LogP contribution in [0.1, 0.15) is 31.2 Å². The first-order valence-electron chi connectivity index (χ1n) is 6.80. The van der Waals surface area contributed by atoms with Crippen molar-refractivity contribution in [1.29, 1.82) is 5.26 Å². The molecule has 0 saturated heterocycles. The summed E-state index contributed by atoms with van der Waals surface area (Å²) >= 11 is 0. The van der Waals surface area contributed by atoms with Gasteiger partial charge in [-0.2, -0.15) is 18.4 Å². The lowest BCUT2D eigenvalue weighted by Crippen LogP contribution is -2.41. The van der Waals surface area contributed by atoms with Crippen LogP contribution in [0.15, 0.2) is 24.3 Å². The Morgan fingerprint density at radius 2 is 1.80 bits per heavy atom. The second-order valence-electron chi connectivity index (χ2n) is 5.22. The fourth-order valence-corrected chi connectivity index (χ4v) is 2.72. The van der Waals surface area contributed by atoms with Crippen LogP contribution in [0, 0.1) is 17.2 Å². The molecule has 0 aromatic heterocycles. The number of hydrogen-bond donors (Lipinski definition) is 1. The molecule has 5 heteroatoms. The number of rotatable bonds is 3. The zero-order valence-electron chi connectivity index (χ0n) is 11.1. The van der Waals surface area contributed by atoms with Crippen LogP contribution in [-0.2, 0) is 6.42 Å². The van der Waals surface area contributed by atoms with Crippen molar-refractivity contribution in [3.8, 4) is 6.07 Å². The van der Waals surface area contributed by atoms with Crippen LogP contribution in [0.25, 0.3) is 0 Å². The molecule has 1 N–H and O–H groups in total. The lowest BCUT2D eigenvalue weighted by Gasteiger charge is -2.34. The highest BCUT2D eigenvalue weighted by molar-refractivity contribution is 5.46. The number of nitrogens with one attached hydrogen (secondary N) is 1. The second-order valence-corrected chi connectivity index (χ2v) is 5.22. The molecule has 1 aliphatic rings. The molecule has 1 saturated carbocycles. The Hall–Kier alpha value is -1.70. The molecule has 1 aliphatic carbocycles. The summed E-state index contributed by atoms with van der Waals surface area (Å²) < 4.78 is 38.9. The van der Waals surface area contributed by atoms with Gasteiger partial charge in [-0.15, -0.1) is 0 Å². The number of alkyl halides is 3. The summed E-state index contributed by atoms with van der Waals surface area (Å²) in [4.78, 5) is 0. The van der Waals surface area contributed by atoms with Crippen molar-refractivity contribution in [1.82, 2.24) is 0 Å². The van der Waals surface area contributed by atoms with Crippen LogP contribution in [-0.4, -0.2) is 12.2 Å². The van der Waals surface area contributed by atoms with E-state index in [2.05, 4.69) is 5.32 Å². The average molecular weight is 282 g/mol. The molecule has 108 valence electrons. The normalized spacial score (nSPS) is 23.1. The van der Waals surface area contributed by atoms with E-state index in [1.807, 2.05) is 6.07 Å². The lowest BCUT2D eigenvalue weighted by molar-refractivity contribution is -0.184. The largest absolute Gasteiger partial charge is 0.393 e. The van der Waals surface area contributed by atoms with Gasteiger partial charge in [-0.25, -0.2) is 0 Å². The van der Waals surface area contributed by atoms with E-state index < -0.39 is 18.1 Å². The highest BCUT2D eigenvalue weighted by atomic mass is 19.4. The Morgan fingerprint density at radius 1 is 1.15 bits per heavy atom. The van der Waals surface area contributed by atoms with Gasteiger partial charge in [0.05, 0.1) is 18.4 Å². The Labute approximate surface area is 116 Å². The Balaban J connectivity index is 2.05. The minimum Gasteiger partial charge on any atom is -0.382 e. The molecule has 2 rings (SSSR count). The number of benzene rings is 1. The SMILES string of the molecule is N#CCc1ccc(NC2CCCCC2C(F)(F)F)cc1. The third-order valence-corrected chi connectivity index (χ3v) is 3.78. The van der Waals surface area contributed by atoms with Gasteiger partial charge in [0.15, 0.2) is 0 Å². The quantitative estimate of drug-likeness (QED) is 0.898. The average Bonchev–Trinajstić information content (AvgIpc) is 2.41. The monoisotopic (exact) mass is 282 g/mol. The zero-order valence-corrected chi connectivity index (χ0v) is 11.1. The minimum absolute atomic E-state index is 0.202. The number of hydrogen-bond acceptors (Lipinski definition) is 2. The molecule has 0 bridgehead atoms. The number of halogens is 3. The van der Waals surface area contributed by atoms with Crippen LogP contribution in [0.5, 0.6) is 0 Å². The van der Waals surface area contributed by atoms with E-state index in [-0.39, 0.29) is 6.42 Å². The van der Waals surface area contributed by atoms with E-state index in [9.17, 15) is 13.2 Å². The maximum Gasteiger partial charge on any atom is 0.393 e. The molecular formula is C15H17F3N2. The molecule has 1 aromatic carbocycles. The van der Waals surface area contributed by atoms with E-state index in [1.165, 1.54) is 0 Å². The Kier molecular flexibility index (Phi) is 4.53. The summed E-state index contributed by atoms with van der Waals surface area (Å²) in [6.07, 6.45) is -1.61. The fraction of sp³-hybridized carbons (Fsp3) is 0.533. The summed E-state index contributed by atoms with van der Waals surface area (Å²) in [5.41, 5.74) is 1.56. The maximum atomic E-state index is 13.0. The summed E-state index contributed by atoms with van der Waals surface area (Å²) in [5, 5.41) is 11.6. The molecule has 0 heterocycles. The summed E-state index contributed by atoms with van der Waals surface area (Å²) in [6.45, 7) is 0. The van der Waals surface area contributed by atoms with Crippen molar-refractivity contribution < 1.29 is 13.2 Å². The molecule has 0 amide bonds. The van der Waals surface area contributed by atoms with Gasteiger partial charge >= 0.3 is 6.18 Å². The first-order valence-corrected chi connectivity index (χ1v) is 6.80. The van der Waals surface area contributed by atoms with Crippen molar-refractivity contribution in [3.63, 3.8) is 0 Å². The van der Waals surface area contributed by atoms with Crippen molar-refractivity contribution >= 4 is 5.69 Å². The van der Waals surface area contributed by atoms with Gasteiger partial charge in [0.1, 0.15) is 0 Å². The molecule has 0 spiro atoms. The molecule has 1 aromatic rings. The van der Waals surface area contributed by atoms with Gasteiger partial charge in [-0.3, -0.25) is 0 Å². The van der Waals surface area contributed by atoms with Crippen LogP contribution in [0.2, 0.25) is 0 Å².